The average molecular weight is 928 g/mol. The van der Waals surface area contributed by atoms with E-state index in [1.165, 1.54) is 0 Å². The number of aliphatic hydroxyl groups excluding tert-OH is 16. The summed E-state index contributed by atoms with van der Waals surface area (Å²) in [7, 11) is 0. The van der Waals surface area contributed by atoms with Crippen LogP contribution in [0.1, 0.15) is 25.7 Å². The van der Waals surface area contributed by atoms with Gasteiger partial charge >= 0.3 is 0 Å². The monoisotopic (exact) mass is 927 g/mol. The summed E-state index contributed by atoms with van der Waals surface area (Å²) in [6, 6.07) is 0. The van der Waals surface area contributed by atoms with Gasteiger partial charge in [-0.15, -0.1) is 0 Å². The van der Waals surface area contributed by atoms with Crippen molar-refractivity contribution in [2.24, 2.45) is 5.73 Å². The van der Waals surface area contributed by atoms with E-state index in [1.54, 1.807) is 0 Å². The third kappa shape index (κ3) is 12.0. The summed E-state index contributed by atoms with van der Waals surface area (Å²) in [6.07, 6.45) is -41.5. The first-order valence-electron chi connectivity index (χ1n) is 20.8. The van der Waals surface area contributed by atoms with Crippen molar-refractivity contribution in [2.75, 3.05) is 46.2 Å². The molecule has 5 aliphatic heterocycles. The van der Waals surface area contributed by atoms with E-state index in [1.807, 2.05) is 0 Å². The zero-order chi connectivity index (χ0) is 46.3. The van der Waals surface area contributed by atoms with Gasteiger partial charge < -0.3 is 135 Å². The molecular weight excluding hydrogens is 862 g/mol. The fourth-order valence-corrected chi connectivity index (χ4v) is 7.96. The molecule has 5 heterocycles. The number of aliphatic hydroxyl groups is 16. The maximum Gasteiger partial charge on any atom is 0.187 e. The highest BCUT2D eigenvalue weighted by Gasteiger charge is 2.56. The zero-order valence-corrected chi connectivity index (χ0v) is 34.0. The Kier molecular flexibility index (Phi) is 20.4. The first-order chi connectivity index (χ1) is 30.1. The molecule has 0 bridgehead atoms. The number of hydrogen-bond donors (Lipinski definition) is 17. The minimum atomic E-state index is -2.11. The Bertz CT molecular complexity index is 1320. The molecule has 0 aromatic carbocycles. The molecule has 25 atom stereocenters. The molecule has 63 heavy (non-hydrogen) atoms. The van der Waals surface area contributed by atoms with Crippen LogP contribution in [0.15, 0.2) is 0 Å². The van der Waals surface area contributed by atoms with Crippen LogP contribution in [0.5, 0.6) is 0 Å². The standard InChI is InChI=1S/C36H65NO26/c37-5-3-1-2-4-6-54-32-24(50)19(45)28(13(8-39)56-32)61-34-26(52)21(47)30(15(10-41)58-34)63-36-27(53)22(48)31(16(11-42)59-36)62-35-25(51)20(46)29(14(9-40)57-35)60-33-23(49)18(44)17(43)12(7-38)55-33/h12-36,38-53H,1-11,37H2/t12?,13?,14?,15?,16?,17-,18+,19-,20-,21?,22?,23?,24?,25?,26+,27+,28-,29+,30-,31-,32+,33-,34+,35-,36+/m1/s1. The molecular formula is C36H65NO26. The summed E-state index contributed by atoms with van der Waals surface area (Å²) in [5, 5.41) is 169. The van der Waals surface area contributed by atoms with Gasteiger partial charge in [-0.3, -0.25) is 0 Å². The van der Waals surface area contributed by atoms with E-state index in [0.717, 1.165) is 19.3 Å². The smallest absolute Gasteiger partial charge is 0.187 e. The molecule has 5 fully saturated rings. The molecule has 0 amide bonds. The molecule has 18 N–H and O–H groups in total. The molecule has 0 radical (unpaired) electrons. The molecule has 0 aliphatic carbocycles. The van der Waals surface area contributed by atoms with Crippen molar-refractivity contribution >= 4 is 0 Å². The summed E-state index contributed by atoms with van der Waals surface area (Å²) < 4.78 is 55.9. The summed E-state index contributed by atoms with van der Waals surface area (Å²) in [6.45, 7) is -3.70. The van der Waals surface area contributed by atoms with E-state index in [2.05, 4.69) is 0 Å². The molecule has 0 spiro atoms. The molecule has 0 aromatic rings. The third-order valence-corrected chi connectivity index (χ3v) is 11.7. The van der Waals surface area contributed by atoms with E-state index in [4.69, 9.17) is 53.1 Å². The van der Waals surface area contributed by atoms with Crippen molar-refractivity contribution in [3.8, 4) is 0 Å². The lowest BCUT2D eigenvalue weighted by molar-refractivity contribution is -0.393. The summed E-state index contributed by atoms with van der Waals surface area (Å²) in [5.74, 6) is 0. The van der Waals surface area contributed by atoms with Crippen molar-refractivity contribution in [3.05, 3.63) is 0 Å². The van der Waals surface area contributed by atoms with Crippen LogP contribution in [0, 0.1) is 0 Å². The Labute approximate surface area is 360 Å². The van der Waals surface area contributed by atoms with Gasteiger partial charge in [0, 0.05) is 6.61 Å². The highest BCUT2D eigenvalue weighted by Crippen LogP contribution is 2.35. The lowest BCUT2D eigenvalue weighted by Gasteiger charge is -2.49. The molecule has 5 rings (SSSR count). The van der Waals surface area contributed by atoms with Crippen LogP contribution < -0.4 is 5.73 Å². The van der Waals surface area contributed by atoms with E-state index in [0.29, 0.717) is 13.0 Å². The first-order valence-corrected chi connectivity index (χ1v) is 20.8. The quantitative estimate of drug-likeness (QED) is 0.0504. The van der Waals surface area contributed by atoms with Crippen LogP contribution in [-0.2, 0) is 47.4 Å². The van der Waals surface area contributed by atoms with Crippen LogP contribution in [0.25, 0.3) is 0 Å². The maximum atomic E-state index is 11.2. The van der Waals surface area contributed by atoms with Gasteiger partial charge in [-0.2, -0.15) is 0 Å². The molecule has 370 valence electrons. The van der Waals surface area contributed by atoms with Crippen molar-refractivity contribution in [3.63, 3.8) is 0 Å². The van der Waals surface area contributed by atoms with Crippen molar-refractivity contribution in [2.45, 2.75) is 179 Å². The second kappa shape index (κ2) is 24.3. The molecule has 5 aliphatic rings. The van der Waals surface area contributed by atoms with Gasteiger partial charge in [0.2, 0.25) is 0 Å². The average Bonchev–Trinajstić information content (AvgIpc) is 3.28. The summed E-state index contributed by atoms with van der Waals surface area (Å²) in [5.41, 5.74) is 5.49. The van der Waals surface area contributed by atoms with Gasteiger partial charge in [0.15, 0.2) is 31.5 Å². The van der Waals surface area contributed by atoms with Gasteiger partial charge in [0.25, 0.3) is 0 Å². The Morgan fingerprint density at radius 3 is 0.937 bits per heavy atom. The fourth-order valence-electron chi connectivity index (χ4n) is 7.96. The van der Waals surface area contributed by atoms with E-state index in [-0.39, 0.29) is 6.61 Å². The van der Waals surface area contributed by atoms with Gasteiger partial charge in [-0.25, -0.2) is 0 Å². The van der Waals surface area contributed by atoms with Crippen molar-refractivity contribution in [1.29, 1.82) is 0 Å². The highest BCUT2D eigenvalue weighted by atomic mass is 16.8. The van der Waals surface area contributed by atoms with Gasteiger partial charge in [0.1, 0.15) is 122 Å². The molecule has 27 nitrogen and oxygen atoms in total. The van der Waals surface area contributed by atoms with Crippen molar-refractivity contribution < 1.29 is 129 Å². The highest BCUT2D eigenvalue weighted by molar-refractivity contribution is 4.99. The third-order valence-electron chi connectivity index (χ3n) is 11.7. The molecule has 27 heteroatoms. The predicted molar refractivity (Wildman–Crippen MR) is 198 cm³/mol. The van der Waals surface area contributed by atoms with Crippen LogP contribution in [-0.4, -0.2) is 281 Å². The van der Waals surface area contributed by atoms with E-state index in [9.17, 15) is 81.7 Å². The normalized spacial score (nSPS) is 48.6. The molecule has 10 unspecified atom stereocenters. The second-order valence-corrected chi connectivity index (χ2v) is 16.0. The number of unbranched alkanes of at least 4 members (excludes halogenated alkanes) is 3. The predicted octanol–water partition coefficient (Wildman–Crippen LogP) is -10.4. The number of rotatable bonds is 20. The first kappa shape index (κ1) is 52.9. The zero-order valence-electron chi connectivity index (χ0n) is 34.0. The lowest BCUT2D eigenvalue weighted by Crippen LogP contribution is -2.68. The molecule has 5 saturated heterocycles. The fraction of sp³-hybridized carbons (Fsp3) is 1.00. The Balaban J connectivity index is 1.19. The van der Waals surface area contributed by atoms with E-state index < -0.39 is 187 Å². The van der Waals surface area contributed by atoms with Gasteiger partial charge in [-0.05, 0) is 19.4 Å². The van der Waals surface area contributed by atoms with Gasteiger partial charge in [-0.1, -0.05) is 12.8 Å². The summed E-state index contributed by atoms with van der Waals surface area (Å²) in [4.78, 5) is 0. The largest absolute Gasteiger partial charge is 0.394 e. The lowest BCUT2D eigenvalue weighted by atomic mass is 9.95. The molecule has 0 aromatic heterocycles. The molecule has 0 saturated carbocycles. The topological polar surface area (TPSA) is 442 Å². The SMILES string of the molecule is NCCCCCCO[C@H]1OC(CO)[C@@H](O[C@@H]2OC(CO)[C@@H](O[C@@H]3OC(CO)[C@@H](O[C@H]4OC(CO)[C@H](O[C@H]5OC(CO)[C@@H](O)[C@H](O)C5O)[C@H](O)C4O)C(O)[C@@H]3O)C(O)[C@@H]2O)[C@H](O)C1O. The van der Waals surface area contributed by atoms with Crippen LogP contribution in [0.4, 0.5) is 0 Å². The Hall–Kier alpha value is -1.08. The van der Waals surface area contributed by atoms with Crippen LogP contribution in [0.2, 0.25) is 0 Å². The van der Waals surface area contributed by atoms with Crippen LogP contribution in [0.3, 0.4) is 0 Å². The summed E-state index contributed by atoms with van der Waals surface area (Å²) >= 11 is 0. The Morgan fingerprint density at radius 1 is 0.317 bits per heavy atom. The Morgan fingerprint density at radius 2 is 0.603 bits per heavy atom. The number of hydrogen-bond acceptors (Lipinski definition) is 27. The van der Waals surface area contributed by atoms with Crippen molar-refractivity contribution in [1.82, 2.24) is 0 Å². The van der Waals surface area contributed by atoms with Gasteiger partial charge in [0.05, 0.1) is 33.0 Å². The second-order valence-electron chi connectivity index (χ2n) is 16.0. The van der Waals surface area contributed by atoms with Crippen LogP contribution >= 0.6 is 0 Å². The number of nitrogens with two attached hydrogens (primary N) is 1. The van der Waals surface area contributed by atoms with E-state index >= 15 is 0 Å². The minimum absolute atomic E-state index is 0.158. The number of ether oxygens (including phenoxy) is 10. The maximum absolute atomic E-state index is 11.2. The minimum Gasteiger partial charge on any atom is -0.394 e.